The Hall–Kier alpha value is -0.0800. The first kappa shape index (κ1) is 12.9. The van der Waals surface area contributed by atoms with Crippen LogP contribution in [0.2, 0.25) is 0 Å². The Labute approximate surface area is 83.1 Å². The molecule has 0 saturated heterocycles. The summed E-state index contributed by atoms with van der Waals surface area (Å²) >= 11 is 0. The zero-order valence-electron chi connectivity index (χ0n) is 10.0. The fourth-order valence-electron chi connectivity index (χ4n) is 1.02. The number of hydrogen-bond donors (Lipinski definition) is 1. The van der Waals surface area contributed by atoms with Crippen LogP contribution in [0.25, 0.3) is 0 Å². The van der Waals surface area contributed by atoms with Gasteiger partial charge >= 0.3 is 0 Å². The summed E-state index contributed by atoms with van der Waals surface area (Å²) in [5.41, 5.74) is 0.242. The van der Waals surface area contributed by atoms with Crippen LogP contribution in [0.4, 0.5) is 0 Å². The summed E-state index contributed by atoms with van der Waals surface area (Å²) in [6.07, 6.45) is 1.06. The molecule has 0 radical (unpaired) electrons. The van der Waals surface area contributed by atoms with Crippen LogP contribution in [0.15, 0.2) is 0 Å². The lowest BCUT2D eigenvalue weighted by molar-refractivity contribution is -0.0556. The molecule has 0 heterocycles. The van der Waals surface area contributed by atoms with Crippen LogP contribution in [0.3, 0.4) is 0 Å². The average Bonchev–Trinajstić information content (AvgIpc) is 2.02. The zero-order valence-corrected chi connectivity index (χ0v) is 10.0. The fourth-order valence-corrected chi connectivity index (χ4v) is 1.02. The lowest BCUT2D eigenvalue weighted by Crippen LogP contribution is -2.35. The molecule has 80 valence electrons. The van der Waals surface area contributed by atoms with Crippen molar-refractivity contribution < 1.29 is 4.74 Å². The summed E-state index contributed by atoms with van der Waals surface area (Å²) in [4.78, 5) is 0. The third-order valence-electron chi connectivity index (χ3n) is 2.36. The fraction of sp³-hybridized carbons (Fsp3) is 1.00. The Kier molecular flexibility index (Phi) is 4.93. The van der Waals surface area contributed by atoms with Crippen molar-refractivity contribution in [2.24, 2.45) is 5.41 Å². The Morgan fingerprint density at radius 3 is 2.08 bits per heavy atom. The molecule has 2 nitrogen and oxygen atoms in total. The van der Waals surface area contributed by atoms with Crippen molar-refractivity contribution in [1.29, 1.82) is 0 Å². The quantitative estimate of drug-likeness (QED) is 0.689. The smallest absolute Gasteiger partial charge is 0.0624 e. The second kappa shape index (κ2) is 4.97. The monoisotopic (exact) mass is 187 g/mol. The molecule has 0 bridgehead atoms. The predicted molar refractivity (Wildman–Crippen MR) is 58.0 cm³/mol. The highest BCUT2D eigenvalue weighted by atomic mass is 16.5. The van der Waals surface area contributed by atoms with Gasteiger partial charge in [0.15, 0.2) is 0 Å². The van der Waals surface area contributed by atoms with Crippen molar-refractivity contribution in [2.45, 2.75) is 46.6 Å². The second-order valence-electron chi connectivity index (χ2n) is 5.10. The molecule has 0 aromatic carbocycles. The summed E-state index contributed by atoms with van der Waals surface area (Å²) in [5, 5.41) is 3.18. The van der Waals surface area contributed by atoms with Crippen LogP contribution in [0, 0.1) is 5.41 Å². The third-order valence-corrected chi connectivity index (χ3v) is 2.36. The highest BCUT2D eigenvalue weighted by Gasteiger charge is 2.22. The topological polar surface area (TPSA) is 21.3 Å². The van der Waals surface area contributed by atoms with Gasteiger partial charge < -0.3 is 10.1 Å². The Bertz CT molecular complexity index is 141. The minimum absolute atomic E-state index is 0.0189. The van der Waals surface area contributed by atoms with Crippen LogP contribution in [-0.2, 0) is 4.74 Å². The van der Waals surface area contributed by atoms with Gasteiger partial charge in [-0.3, -0.25) is 0 Å². The Morgan fingerprint density at radius 1 is 1.15 bits per heavy atom. The molecule has 0 rings (SSSR count). The molecule has 0 aliphatic heterocycles. The molecule has 0 fully saturated rings. The molecule has 0 amide bonds. The van der Waals surface area contributed by atoms with Gasteiger partial charge in [0.2, 0.25) is 0 Å². The Balaban J connectivity index is 3.86. The van der Waals surface area contributed by atoms with E-state index < -0.39 is 0 Å². The summed E-state index contributed by atoms with van der Waals surface area (Å²) in [5.74, 6) is 0. The molecule has 0 spiro atoms. The van der Waals surface area contributed by atoms with Crippen LogP contribution < -0.4 is 5.32 Å². The molecule has 0 saturated carbocycles. The third kappa shape index (κ3) is 6.05. The highest BCUT2D eigenvalue weighted by Crippen LogP contribution is 2.20. The largest absolute Gasteiger partial charge is 0.375 e. The lowest BCUT2D eigenvalue weighted by atomic mass is 9.94. The first-order chi connectivity index (χ1) is 5.83. The van der Waals surface area contributed by atoms with Gasteiger partial charge in [-0.1, -0.05) is 20.8 Å². The van der Waals surface area contributed by atoms with E-state index in [0.29, 0.717) is 0 Å². The highest BCUT2D eigenvalue weighted by molar-refractivity contribution is 4.73. The minimum Gasteiger partial charge on any atom is -0.375 e. The van der Waals surface area contributed by atoms with E-state index in [9.17, 15) is 0 Å². The van der Waals surface area contributed by atoms with E-state index in [1.54, 1.807) is 0 Å². The maximum absolute atomic E-state index is 5.86. The van der Waals surface area contributed by atoms with E-state index in [1.807, 2.05) is 7.05 Å². The normalized spacial score (nSPS) is 13.4. The van der Waals surface area contributed by atoms with Gasteiger partial charge in [0.1, 0.15) is 0 Å². The molecule has 0 atom stereocenters. The van der Waals surface area contributed by atoms with Gasteiger partial charge in [0.05, 0.1) is 12.2 Å². The standard InChI is InChI=1S/C11H25NO/c1-7-11(4,5)13-9-10(2,3)8-12-6/h12H,7-9H2,1-6H3. The molecular weight excluding hydrogens is 162 g/mol. The van der Waals surface area contributed by atoms with Crippen molar-refractivity contribution in [3.8, 4) is 0 Å². The van der Waals surface area contributed by atoms with Gasteiger partial charge in [0.25, 0.3) is 0 Å². The van der Waals surface area contributed by atoms with Gasteiger partial charge in [-0.15, -0.1) is 0 Å². The SMILES string of the molecule is CCC(C)(C)OCC(C)(C)CNC. The summed E-state index contributed by atoms with van der Waals surface area (Å²) in [6, 6.07) is 0. The van der Waals surface area contributed by atoms with E-state index >= 15 is 0 Å². The first-order valence-electron chi connectivity index (χ1n) is 5.11. The maximum Gasteiger partial charge on any atom is 0.0624 e. The average molecular weight is 187 g/mol. The van der Waals surface area contributed by atoms with E-state index in [4.69, 9.17) is 4.74 Å². The molecule has 13 heavy (non-hydrogen) atoms. The lowest BCUT2D eigenvalue weighted by Gasteiger charge is -2.31. The number of hydrogen-bond acceptors (Lipinski definition) is 2. The van der Waals surface area contributed by atoms with E-state index in [1.165, 1.54) is 0 Å². The molecule has 0 unspecified atom stereocenters. The van der Waals surface area contributed by atoms with Crippen molar-refractivity contribution in [2.75, 3.05) is 20.2 Å². The molecule has 0 aromatic rings. The molecule has 0 aliphatic rings. The number of rotatable bonds is 6. The minimum atomic E-state index is 0.0189. The van der Waals surface area contributed by atoms with Gasteiger partial charge in [-0.05, 0) is 27.3 Å². The summed E-state index contributed by atoms with van der Waals surface area (Å²) < 4.78 is 5.86. The maximum atomic E-state index is 5.86. The number of nitrogens with one attached hydrogen (secondary N) is 1. The molecule has 2 heteroatoms. The van der Waals surface area contributed by atoms with Crippen molar-refractivity contribution in [1.82, 2.24) is 5.32 Å². The molecule has 1 N–H and O–H groups in total. The van der Waals surface area contributed by atoms with Crippen molar-refractivity contribution >= 4 is 0 Å². The van der Waals surface area contributed by atoms with E-state index in [2.05, 4.69) is 39.9 Å². The van der Waals surface area contributed by atoms with Gasteiger partial charge in [0, 0.05) is 12.0 Å². The van der Waals surface area contributed by atoms with E-state index in [0.717, 1.165) is 19.6 Å². The van der Waals surface area contributed by atoms with E-state index in [-0.39, 0.29) is 11.0 Å². The van der Waals surface area contributed by atoms with Crippen LogP contribution >= 0.6 is 0 Å². The summed E-state index contributed by atoms with van der Waals surface area (Å²) in [6.45, 7) is 12.7. The zero-order chi connectivity index (χ0) is 10.5. The Morgan fingerprint density at radius 2 is 1.69 bits per heavy atom. The van der Waals surface area contributed by atoms with Crippen LogP contribution in [0.1, 0.15) is 41.0 Å². The molecule has 0 aromatic heterocycles. The van der Waals surface area contributed by atoms with Crippen LogP contribution in [0.5, 0.6) is 0 Å². The van der Waals surface area contributed by atoms with Gasteiger partial charge in [-0.25, -0.2) is 0 Å². The second-order valence-corrected chi connectivity index (χ2v) is 5.10. The van der Waals surface area contributed by atoms with Crippen molar-refractivity contribution in [3.63, 3.8) is 0 Å². The number of ether oxygens (including phenoxy) is 1. The summed E-state index contributed by atoms with van der Waals surface area (Å²) in [7, 11) is 1.98. The predicted octanol–water partition coefficient (Wildman–Crippen LogP) is 2.44. The van der Waals surface area contributed by atoms with Gasteiger partial charge in [-0.2, -0.15) is 0 Å². The molecular formula is C11H25NO. The first-order valence-corrected chi connectivity index (χ1v) is 5.11. The van der Waals surface area contributed by atoms with Crippen LogP contribution in [-0.4, -0.2) is 25.8 Å². The van der Waals surface area contributed by atoms with Crippen molar-refractivity contribution in [3.05, 3.63) is 0 Å². The molecule has 0 aliphatic carbocycles.